The second kappa shape index (κ2) is 5.99. The Morgan fingerprint density at radius 1 is 1.18 bits per heavy atom. The summed E-state index contributed by atoms with van der Waals surface area (Å²) in [5.74, 6) is 0.511. The summed E-state index contributed by atoms with van der Waals surface area (Å²) in [6.45, 7) is 2.01. The average molecular weight is 334 g/mol. The molecule has 3 rings (SSSR count). The third kappa shape index (κ3) is 2.67. The van der Waals surface area contributed by atoms with E-state index in [1.165, 1.54) is 0 Å². The van der Waals surface area contributed by atoms with Crippen molar-refractivity contribution < 1.29 is 4.79 Å². The Morgan fingerprint density at radius 3 is 2.55 bits per heavy atom. The molecule has 3 aromatic rings. The van der Waals surface area contributed by atoms with Crippen molar-refractivity contribution in [1.82, 2.24) is 9.97 Å². The second-order valence-corrected chi connectivity index (χ2v) is 5.60. The Bertz CT molecular complexity index is 837. The number of halogens is 2. The number of hydrogen-bond acceptors (Lipinski definition) is 2. The van der Waals surface area contributed by atoms with Crippen molar-refractivity contribution in [3.05, 3.63) is 57.8 Å². The molecule has 0 fully saturated rings. The number of carbonyl (C=O) groups excluding carboxylic acids is 1. The SMILES string of the molecule is CCc1nc2c(NC(=O)c3c(Cl)cccc3Cl)cccc2[nH]1. The van der Waals surface area contributed by atoms with Gasteiger partial charge in [0, 0.05) is 6.42 Å². The monoisotopic (exact) mass is 333 g/mol. The van der Waals surface area contributed by atoms with E-state index in [-0.39, 0.29) is 11.5 Å². The third-order valence-electron chi connectivity index (χ3n) is 3.33. The normalized spacial score (nSPS) is 10.9. The molecular weight excluding hydrogens is 321 g/mol. The molecule has 0 aliphatic rings. The Balaban J connectivity index is 1.99. The zero-order valence-electron chi connectivity index (χ0n) is 11.8. The zero-order chi connectivity index (χ0) is 15.7. The van der Waals surface area contributed by atoms with Crippen LogP contribution < -0.4 is 5.32 Å². The zero-order valence-corrected chi connectivity index (χ0v) is 13.3. The van der Waals surface area contributed by atoms with Gasteiger partial charge in [0.05, 0.1) is 26.8 Å². The molecule has 0 atom stereocenters. The summed E-state index contributed by atoms with van der Waals surface area (Å²) < 4.78 is 0. The first-order chi connectivity index (χ1) is 10.6. The number of rotatable bonds is 3. The van der Waals surface area contributed by atoms with Gasteiger partial charge in [-0.15, -0.1) is 0 Å². The minimum atomic E-state index is -0.357. The van der Waals surface area contributed by atoms with Crippen LogP contribution in [0.3, 0.4) is 0 Å². The minimum absolute atomic E-state index is 0.258. The molecule has 0 aliphatic carbocycles. The first kappa shape index (κ1) is 14.9. The van der Waals surface area contributed by atoms with E-state index in [1.54, 1.807) is 24.3 Å². The number of nitrogens with one attached hydrogen (secondary N) is 2. The van der Waals surface area contributed by atoms with E-state index in [0.29, 0.717) is 15.7 Å². The molecule has 0 spiro atoms. The summed E-state index contributed by atoms with van der Waals surface area (Å²) in [4.78, 5) is 20.2. The van der Waals surface area contributed by atoms with E-state index in [0.717, 1.165) is 23.3 Å². The van der Waals surface area contributed by atoms with Gasteiger partial charge in [0.2, 0.25) is 0 Å². The summed E-state index contributed by atoms with van der Waals surface area (Å²) in [7, 11) is 0. The van der Waals surface area contributed by atoms with Gasteiger partial charge >= 0.3 is 0 Å². The lowest BCUT2D eigenvalue weighted by Crippen LogP contribution is -2.13. The van der Waals surface area contributed by atoms with Crippen molar-refractivity contribution in [3.63, 3.8) is 0 Å². The van der Waals surface area contributed by atoms with Gasteiger partial charge in [0.1, 0.15) is 11.3 Å². The summed E-state index contributed by atoms with van der Waals surface area (Å²) in [5, 5.41) is 3.46. The van der Waals surface area contributed by atoms with Gasteiger partial charge < -0.3 is 10.3 Å². The topological polar surface area (TPSA) is 57.8 Å². The Hall–Kier alpha value is -2.04. The van der Waals surface area contributed by atoms with Gasteiger partial charge in [-0.25, -0.2) is 4.98 Å². The largest absolute Gasteiger partial charge is 0.342 e. The van der Waals surface area contributed by atoms with Crippen LogP contribution in [-0.4, -0.2) is 15.9 Å². The van der Waals surface area contributed by atoms with Crippen LogP contribution in [0.2, 0.25) is 10.0 Å². The Kier molecular flexibility index (Phi) is 4.05. The summed E-state index contributed by atoms with van der Waals surface area (Å²) >= 11 is 12.1. The van der Waals surface area contributed by atoms with Crippen LogP contribution in [0.4, 0.5) is 5.69 Å². The molecule has 0 radical (unpaired) electrons. The molecular formula is C16H13Cl2N3O. The fraction of sp³-hybridized carbons (Fsp3) is 0.125. The molecule has 22 heavy (non-hydrogen) atoms. The van der Waals surface area contributed by atoms with Crippen molar-refractivity contribution in [2.24, 2.45) is 0 Å². The summed E-state index contributed by atoms with van der Waals surface area (Å²) in [6.07, 6.45) is 0.790. The number of aromatic amines is 1. The van der Waals surface area contributed by atoms with Gasteiger partial charge in [-0.05, 0) is 24.3 Å². The van der Waals surface area contributed by atoms with Crippen molar-refractivity contribution in [2.75, 3.05) is 5.32 Å². The minimum Gasteiger partial charge on any atom is -0.342 e. The highest BCUT2D eigenvalue weighted by Crippen LogP contribution is 2.27. The maximum atomic E-state index is 12.5. The number of nitrogens with zero attached hydrogens (tertiary/aromatic N) is 1. The van der Waals surface area contributed by atoms with Crippen LogP contribution in [0.25, 0.3) is 11.0 Å². The Labute approximate surface area is 137 Å². The highest BCUT2D eigenvalue weighted by atomic mass is 35.5. The predicted molar refractivity (Wildman–Crippen MR) is 89.9 cm³/mol. The van der Waals surface area contributed by atoms with Gasteiger partial charge in [-0.2, -0.15) is 0 Å². The van der Waals surface area contributed by atoms with E-state index >= 15 is 0 Å². The third-order valence-corrected chi connectivity index (χ3v) is 3.96. The van der Waals surface area contributed by atoms with Crippen LogP contribution >= 0.6 is 23.2 Å². The van der Waals surface area contributed by atoms with Crippen molar-refractivity contribution in [3.8, 4) is 0 Å². The van der Waals surface area contributed by atoms with E-state index < -0.39 is 0 Å². The molecule has 0 unspecified atom stereocenters. The Morgan fingerprint density at radius 2 is 1.86 bits per heavy atom. The number of benzene rings is 2. The summed E-state index contributed by atoms with van der Waals surface area (Å²) in [6, 6.07) is 10.5. The molecule has 2 aromatic carbocycles. The van der Waals surface area contributed by atoms with Crippen molar-refractivity contribution in [2.45, 2.75) is 13.3 Å². The fourth-order valence-corrected chi connectivity index (χ4v) is 2.82. The molecule has 2 N–H and O–H groups in total. The van der Waals surface area contributed by atoms with Gasteiger partial charge in [-0.3, -0.25) is 4.79 Å². The lowest BCUT2D eigenvalue weighted by molar-refractivity contribution is 0.102. The highest BCUT2D eigenvalue weighted by molar-refractivity contribution is 6.40. The lowest BCUT2D eigenvalue weighted by atomic mass is 10.2. The molecule has 0 saturated carbocycles. The molecule has 0 saturated heterocycles. The van der Waals surface area contributed by atoms with Crippen LogP contribution in [0.1, 0.15) is 23.1 Å². The predicted octanol–water partition coefficient (Wildman–Crippen LogP) is 4.68. The summed E-state index contributed by atoms with van der Waals surface area (Å²) in [5.41, 5.74) is 2.47. The second-order valence-electron chi connectivity index (χ2n) is 4.79. The molecule has 4 nitrogen and oxygen atoms in total. The standard InChI is InChI=1S/C16H13Cl2N3O/c1-2-13-19-11-7-4-8-12(15(11)21-13)20-16(22)14-9(17)5-3-6-10(14)18/h3-8H,2H2,1H3,(H,19,21)(H,20,22). The maximum Gasteiger partial charge on any atom is 0.258 e. The number of aromatic nitrogens is 2. The number of fused-ring (bicyclic) bond motifs is 1. The lowest BCUT2D eigenvalue weighted by Gasteiger charge is -2.08. The molecule has 0 bridgehead atoms. The molecule has 1 aromatic heterocycles. The molecule has 1 amide bonds. The van der Waals surface area contributed by atoms with E-state index in [9.17, 15) is 4.79 Å². The number of anilines is 1. The van der Waals surface area contributed by atoms with Crippen molar-refractivity contribution >= 4 is 45.8 Å². The molecule has 6 heteroatoms. The van der Waals surface area contributed by atoms with Crippen LogP contribution in [-0.2, 0) is 6.42 Å². The molecule has 112 valence electrons. The van der Waals surface area contributed by atoms with Crippen LogP contribution in [0, 0.1) is 0 Å². The number of hydrogen-bond donors (Lipinski definition) is 2. The number of aryl methyl sites for hydroxylation is 1. The number of para-hydroxylation sites is 1. The fourth-order valence-electron chi connectivity index (χ4n) is 2.25. The number of carbonyl (C=O) groups is 1. The first-order valence-electron chi connectivity index (χ1n) is 6.83. The first-order valence-corrected chi connectivity index (χ1v) is 7.58. The van der Waals surface area contributed by atoms with Gasteiger partial charge in [0.25, 0.3) is 5.91 Å². The number of imidazole rings is 1. The van der Waals surface area contributed by atoms with Crippen LogP contribution in [0.15, 0.2) is 36.4 Å². The van der Waals surface area contributed by atoms with E-state index in [4.69, 9.17) is 23.2 Å². The van der Waals surface area contributed by atoms with Gasteiger partial charge in [-0.1, -0.05) is 42.3 Å². The number of H-pyrrole nitrogens is 1. The van der Waals surface area contributed by atoms with E-state index in [1.807, 2.05) is 19.1 Å². The van der Waals surface area contributed by atoms with Gasteiger partial charge in [0.15, 0.2) is 0 Å². The molecule has 1 heterocycles. The molecule has 0 aliphatic heterocycles. The van der Waals surface area contributed by atoms with Crippen LogP contribution in [0.5, 0.6) is 0 Å². The average Bonchev–Trinajstić information content (AvgIpc) is 2.91. The van der Waals surface area contributed by atoms with Crippen molar-refractivity contribution in [1.29, 1.82) is 0 Å². The quantitative estimate of drug-likeness (QED) is 0.730. The number of amides is 1. The maximum absolute atomic E-state index is 12.5. The highest BCUT2D eigenvalue weighted by Gasteiger charge is 2.16. The van der Waals surface area contributed by atoms with E-state index in [2.05, 4.69) is 15.3 Å². The smallest absolute Gasteiger partial charge is 0.258 e.